The lowest BCUT2D eigenvalue weighted by Gasteiger charge is -2.11. The minimum absolute atomic E-state index is 0.0820. The zero-order valence-electron chi connectivity index (χ0n) is 20.0. The van der Waals surface area contributed by atoms with Crippen LogP contribution in [0.3, 0.4) is 0 Å². The number of fused-ring (bicyclic) bond motifs is 3. The number of methoxy groups -OCH3 is 2. The highest BCUT2D eigenvalue weighted by molar-refractivity contribution is 8.00. The van der Waals surface area contributed by atoms with Gasteiger partial charge in [0.05, 0.1) is 20.0 Å². The normalized spacial score (nSPS) is 11.4. The molecule has 0 saturated heterocycles. The van der Waals surface area contributed by atoms with Crippen LogP contribution in [0.1, 0.15) is 31.8 Å². The first-order valence-electron chi connectivity index (χ1n) is 11.6. The fourth-order valence-corrected chi connectivity index (χ4v) is 5.24. The van der Waals surface area contributed by atoms with Crippen molar-refractivity contribution < 1.29 is 19.1 Å². The first kappa shape index (κ1) is 23.7. The standard InChI is InChI=1S/C30H25NO4S/c1-34-28-13-11-21(16-29(28)35-2)30(33)31-23-7-5-8-24(17-23)36-18-27(32)20-10-12-26-22(15-20)14-19-6-3-4-9-25(19)26/h3-13,15-17H,14,18H2,1-2H3,(H,31,33). The summed E-state index contributed by atoms with van der Waals surface area (Å²) in [5.74, 6) is 1.19. The monoisotopic (exact) mass is 495 g/mol. The molecule has 0 aliphatic heterocycles. The number of Topliss-reactive ketones (excluding diaryl/α,β-unsaturated/α-hetero) is 1. The molecule has 0 fully saturated rings. The van der Waals surface area contributed by atoms with Crippen molar-refractivity contribution in [2.45, 2.75) is 11.3 Å². The van der Waals surface area contributed by atoms with E-state index in [9.17, 15) is 9.59 Å². The van der Waals surface area contributed by atoms with E-state index in [1.54, 1.807) is 25.3 Å². The Hall–Kier alpha value is -4.03. The van der Waals surface area contributed by atoms with Crippen LogP contribution >= 0.6 is 11.8 Å². The highest BCUT2D eigenvalue weighted by Gasteiger charge is 2.19. The van der Waals surface area contributed by atoms with Gasteiger partial charge in [0.25, 0.3) is 5.91 Å². The maximum Gasteiger partial charge on any atom is 0.255 e. The number of amides is 1. The summed E-state index contributed by atoms with van der Waals surface area (Å²) in [6, 6.07) is 26.9. The van der Waals surface area contributed by atoms with Gasteiger partial charge in [-0.05, 0) is 71.1 Å². The fourth-order valence-electron chi connectivity index (χ4n) is 4.40. The van der Waals surface area contributed by atoms with E-state index >= 15 is 0 Å². The number of carbonyl (C=O) groups is 2. The number of ether oxygens (including phenoxy) is 2. The van der Waals surface area contributed by atoms with Gasteiger partial charge in [0.2, 0.25) is 0 Å². The molecule has 4 aromatic rings. The second kappa shape index (κ2) is 10.3. The predicted molar refractivity (Wildman–Crippen MR) is 144 cm³/mol. The second-order valence-electron chi connectivity index (χ2n) is 8.47. The van der Waals surface area contributed by atoms with Gasteiger partial charge in [-0.2, -0.15) is 0 Å². The van der Waals surface area contributed by atoms with Crippen LogP contribution in [0.2, 0.25) is 0 Å². The number of nitrogens with one attached hydrogen (secondary N) is 1. The molecule has 6 heteroatoms. The minimum atomic E-state index is -0.256. The number of benzene rings is 4. The molecule has 1 N–H and O–H groups in total. The third-order valence-electron chi connectivity index (χ3n) is 6.22. The van der Waals surface area contributed by atoms with Crippen LogP contribution in [0, 0.1) is 0 Å². The Morgan fingerprint density at radius 1 is 0.778 bits per heavy atom. The number of hydrogen-bond acceptors (Lipinski definition) is 5. The lowest BCUT2D eigenvalue weighted by Crippen LogP contribution is -2.12. The van der Waals surface area contributed by atoms with Crippen LogP contribution in [0.5, 0.6) is 11.5 Å². The lowest BCUT2D eigenvalue weighted by atomic mass is 10.0. The van der Waals surface area contributed by atoms with Crippen LogP contribution < -0.4 is 14.8 Å². The van der Waals surface area contributed by atoms with Crippen molar-refractivity contribution in [3.63, 3.8) is 0 Å². The van der Waals surface area contributed by atoms with E-state index in [1.807, 2.05) is 42.5 Å². The average Bonchev–Trinajstić information content (AvgIpc) is 3.29. The van der Waals surface area contributed by atoms with Gasteiger partial charge >= 0.3 is 0 Å². The molecule has 0 saturated carbocycles. The Morgan fingerprint density at radius 2 is 1.56 bits per heavy atom. The molecule has 5 nitrogen and oxygen atoms in total. The van der Waals surface area contributed by atoms with Gasteiger partial charge in [0, 0.05) is 21.7 Å². The molecular formula is C30H25NO4S. The van der Waals surface area contributed by atoms with Crippen LogP contribution in [0.4, 0.5) is 5.69 Å². The molecular weight excluding hydrogens is 470 g/mol. The number of thioether (sulfide) groups is 1. The van der Waals surface area contributed by atoms with Gasteiger partial charge < -0.3 is 14.8 Å². The number of carbonyl (C=O) groups excluding carboxylic acids is 2. The summed E-state index contributed by atoms with van der Waals surface area (Å²) in [5.41, 5.74) is 6.82. The SMILES string of the molecule is COc1ccc(C(=O)Nc2cccc(SCC(=O)c3ccc4c(c3)Cc3ccccc3-4)c2)cc1OC. The van der Waals surface area contributed by atoms with E-state index in [2.05, 4.69) is 29.6 Å². The Morgan fingerprint density at radius 3 is 2.39 bits per heavy atom. The number of anilines is 1. The van der Waals surface area contributed by atoms with Crippen molar-refractivity contribution in [1.29, 1.82) is 0 Å². The van der Waals surface area contributed by atoms with Gasteiger partial charge in [-0.3, -0.25) is 9.59 Å². The fraction of sp³-hybridized carbons (Fsp3) is 0.133. The summed E-state index contributed by atoms with van der Waals surface area (Å²) in [6.07, 6.45) is 0.863. The molecule has 4 aromatic carbocycles. The van der Waals surface area contributed by atoms with Crippen molar-refractivity contribution in [2.24, 2.45) is 0 Å². The van der Waals surface area contributed by atoms with Gasteiger partial charge in [-0.15, -0.1) is 11.8 Å². The molecule has 0 spiro atoms. The average molecular weight is 496 g/mol. The van der Waals surface area contributed by atoms with Crippen LogP contribution in [0.15, 0.2) is 89.8 Å². The van der Waals surface area contributed by atoms with Gasteiger partial charge in [-0.25, -0.2) is 0 Å². The molecule has 180 valence electrons. The van der Waals surface area contributed by atoms with Crippen molar-refractivity contribution >= 4 is 29.1 Å². The lowest BCUT2D eigenvalue weighted by molar-refractivity contribution is 0.101. The summed E-state index contributed by atoms with van der Waals surface area (Å²) in [7, 11) is 3.08. The Bertz CT molecular complexity index is 1460. The summed E-state index contributed by atoms with van der Waals surface area (Å²) in [4.78, 5) is 26.6. The summed E-state index contributed by atoms with van der Waals surface area (Å²) in [5, 5.41) is 2.91. The molecule has 36 heavy (non-hydrogen) atoms. The number of rotatable bonds is 8. The number of hydrogen-bond donors (Lipinski definition) is 1. The van der Waals surface area contributed by atoms with Crippen molar-refractivity contribution in [2.75, 3.05) is 25.3 Å². The summed E-state index contributed by atoms with van der Waals surface area (Å²) in [6.45, 7) is 0. The molecule has 1 aliphatic rings. The highest BCUT2D eigenvalue weighted by atomic mass is 32.2. The molecule has 0 aromatic heterocycles. The molecule has 0 atom stereocenters. The van der Waals surface area contributed by atoms with Crippen LogP contribution in [0.25, 0.3) is 11.1 Å². The smallest absolute Gasteiger partial charge is 0.255 e. The van der Waals surface area contributed by atoms with Gasteiger partial charge in [-0.1, -0.05) is 42.5 Å². The maximum absolute atomic E-state index is 12.9. The van der Waals surface area contributed by atoms with E-state index in [1.165, 1.54) is 41.1 Å². The Balaban J connectivity index is 1.23. The van der Waals surface area contributed by atoms with Crippen molar-refractivity contribution in [3.8, 4) is 22.6 Å². The third-order valence-corrected chi connectivity index (χ3v) is 7.22. The molecule has 0 unspecified atom stereocenters. The van der Waals surface area contributed by atoms with E-state index < -0.39 is 0 Å². The van der Waals surface area contributed by atoms with Crippen LogP contribution in [-0.4, -0.2) is 31.7 Å². The molecule has 1 amide bonds. The molecule has 0 radical (unpaired) electrons. The molecule has 5 rings (SSSR count). The first-order chi connectivity index (χ1) is 17.6. The topological polar surface area (TPSA) is 64.6 Å². The summed E-state index contributed by atoms with van der Waals surface area (Å²) >= 11 is 1.45. The Labute approximate surface area is 214 Å². The van der Waals surface area contributed by atoms with E-state index in [0.717, 1.165) is 16.9 Å². The highest BCUT2D eigenvalue weighted by Crippen LogP contribution is 2.37. The minimum Gasteiger partial charge on any atom is -0.493 e. The quantitative estimate of drug-likeness (QED) is 0.197. The van der Waals surface area contributed by atoms with E-state index in [4.69, 9.17) is 9.47 Å². The maximum atomic E-state index is 12.9. The zero-order chi connectivity index (χ0) is 25.1. The number of ketones is 1. The first-order valence-corrected chi connectivity index (χ1v) is 12.5. The molecule has 1 aliphatic carbocycles. The molecule has 0 heterocycles. The van der Waals surface area contributed by atoms with Crippen molar-refractivity contribution in [3.05, 3.63) is 107 Å². The molecule has 0 bridgehead atoms. The van der Waals surface area contributed by atoms with Crippen LogP contribution in [-0.2, 0) is 6.42 Å². The zero-order valence-corrected chi connectivity index (χ0v) is 20.9. The Kier molecular flexibility index (Phi) is 6.78. The van der Waals surface area contributed by atoms with E-state index in [0.29, 0.717) is 28.5 Å². The van der Waals surface area contributed by atoms with Gasteiger partial charge in [0.15, 0.2) is 17.3 Å². The predicted octanol–water partition coefficient (Wildman–Crippen LogP) is 6.50. The second-order valence-corrected chi connectivity index (χ2v) is 9.52. The third kappa shape index (κ3) is 4.86. The van der Waals surface area contributed by atoms with Gasteiger partial charge in [0.1, 0.15) is 0 Å². The van der Waals surface area contributed by atoms with Crippen molar-refractivity contribution in [1.82, 2.24) is 0 Å². The largest absolute Gasteiger partial charge is 0.493 e. The van der Waals surface area contributed by atoms with E-state index in [-0.39, 0.29) is 11.7 Å². The summed E-state index contributed by atoms with van der Waals surface area (Å²) < 4.78 is 10.5.